The van der Waals surface area contributed by atoms with Crippen LogP contribution in [0.4, 0.5) is 5.69 Å². The predicted octanol–water partition coefficient (Wildman–Crippen LogP) is 5.67. The summed E-state index contributed by atoms with van der Waals surface area (Å²) in [6.07, 6.45) is 0.237. The Kier molecular flexibility index (Phi) is 9.05. The lowest BCUT2D eigenvalue weighted by atomic mass is 10.1. The number of nitrogens with one attached hydrogen (secondary N) is 1. The Labute approximate surface area is 217 Å². The minimum absolute atomic E-state index is 0.0915. The van der Waals surface area contributed by atoms with Crippen LogP contribution in [0.1, 0.15) is 23.1 Å². The van der Waals surface area contributed by atoms with E-state index in [9.17, 15) is 4.79 Å². The second-order valence-electron chi connectivity index (χ2n) is 8.75. The summed E-state index contributed by atoms with van der Waals surface area (Å²) < 4.78 is 5.77. The van der Waals surface area contributed by atoms with Crippen molar-refractivity contribution < 1.29 is 9.53 Å². The summed E-state index contributed by atoms with van der Waals surface area (Å²) in [5.41, 5.74) is 4.58. The van der Waals surface area contributed by atoms with Crippen molar-refractivity contribution in [1.82, 2.24) is 10.2 Å². The number of halogens is 2. The zero-order chi connectivity index (χ0) is 24.6. The van der Waals surface area contributed by atoms with Crippen LogP contribution in [0, 0.1) is 6.92 Å². The van der Waals surface area contributed by atoms with Crippen LogP contribution >= 0.6 is 23.2 Å². The van der Waals surface area contributed by atoms with E-state index in [2.05, 4.69) is 53.5 Å². The highest BCUT2D eigenvalue weighted by molar-refractivity contribution is 6.42. The summed E-state index contributed by atoms with van der Waals surface area (Å²) in [4.78, 5) is 17.5. The van der Waals surface area contributed by atoms with E-state index in [4.69, 9.17) is 27.9 Å². The molecule has 1 saturated heterocycles. The Balaban J connectivity index is 1.36. The van der Waals surface area contributed by atoms with E-state index in [1.807, 2.05) is 29.2 Å². The zero-order valence-corrected chi connectivity index (χ0v) is 21.4. The zero-order valence-electron chi connectivity index (χ0n) is 19.9. The van der Waals surface area contributed by atoms with Gasteiger partial charge in [-0.15, -0.1) is 0 Å². The number of piperazine rings is 1. The van der Waals surface area contributed by atoms with Gasteiger partial charge in [-0.25, -0.2) is 0 Å². The lowest BCUT2D eigenvalue weighted by Gasteiger charge is -2.43. The summed E-state index contributed by atoms with van der Waals surface area (Å²) in [6.45, 7) is 5.75. The average molecular weight is 512 g/mol. The number of ether oxygens (including phenoxy) is 1. The molecule has 1 atom stereocenters. The molecule has 1 N–H and O–H groups in total. The molecular formula is C28H31Cl2N3O2. The van der Waals surface area contributed by atoms with Crippen LogP contribution in [0.15, 0.2) is 72.8 Å². The summed E-state index contributed by atoms with van der Waals surface area (Å²) in [6, 6.07) is 24.1. The molecule has 3 aromatic carbocycles. The van der Waals surface area contributed by atoms with Crippen LogP contribution in [-0.2, 0) is 22.7 Å². The molecule has 3 aromatic rings. The van der Waals surface area contributed by atoms with E-state index in [1.54, 1.807) is 12.1 Å². The van der Waals surface area contributed by atoms with E-state index in [1.165, 1.54) is 16.8 Å². The van der Waals surface area contributed by atoms with E-state index < -0.39 is 0 Å². The Morgan fingerprint density at radius 2 is 1.74 bits per heavy atom. The molecule has 0 radical (unpaired) electrons. The minimum Gasteiger partial charge on any atom is -0.376 e. The van der Waals surface area contributed by atoms with Crippen molar-refractivity contribution in [2.75, 3.05) is 31.1 Å². The highest BCUT2D eigenvalue weighted by Crippen LogP contribution is 2.24. The second kappa shape index (κ2) is 12.4. The molecule has 1 amide bonds. The van der Waals surface area contributed by atoms with Crippen LogP contribution < -0.4 is 10.2 Å². The number of hydrogen-bond acceptors (Lipinski definition) is 4. The number of carbonyl (C=O) groups excluding carboxylic acids is 1. The van der Waals surface area contributed by atoms with Crippen molar-refractivity contribution in [2.45, 2.75) is 32.7 Å². The normalized spacial score (nSPS) is 15.9. The summed E-state index contributed by atoms with van der Waals surface area (Å²) in [5, 5.41) is 4.63. The number of anilines is 1. The lowest BCUT2D eigenvalue weighted by Crippen LogP contribution is -2.60. The third-order valence-electron chi connectivity index (χ3n) is 6.25. The van der Waals surface area contributed by atoms with Crippen LogP contribution in [0.2, 0.25) is 10.0 Å². The SMILES string of the molecule is Cc1ccccc1N1CCN(C(=O)CCOCc2ccc(Cl)c(Cl)c2)C(NCc2ccccc2)C1. The quantitative estimate of drug-likeness (QED) is 0.375. The monoisotopic (exact) mass is 511 g/mol. The van der Waals surface area contributed by atoms with Gasteiger partial charge in [-0.2, -0.15) is 0 Å². The first kappa shape index (κ1) is 25.5. The standard InChI is InChI=1S/C28H31Cl2N3O2/c1-21-7-5-6-10-26(21)32-14-15-33(27(19-32)31-18-22-8-3-2-4-9-22)28(34)13-16-35-20-23-11-12-24(29)25(30)17-23/h2-12,17,27,31H,13-16,18-20H2,1H3. The Bertz CT molecular complexity index is 1130. The van der Waals surface area contributed by atoms with Gasteiger partial charge in [-0.3, -0.25) is 10.1 Å². The molecule has 1 heterocycles. The number of para-hydroxylation sites is 1. The van der Waals surface area contributed by atoms with Crippen molar-refractivity contribution in [3.8, 4) is 0 Å². The van der Waals surface area contributed by atoms with Crippen molar-refractivity contribution in [3.05, 3.63) is 99.5 Å². The van der Waals surface area contributed by atoms with Gasteiger partial charge in [0.2, 0.25) is 5.91 Å². The molecule has 0 spiro atoms. The third kappa shape index (κ3) is 6.98. The van der Waals surface area contributed by atoms with Gasteiger partial charge in [0.25, 0.3) is 0 Å². The van der Waals surface area contributed by atoms with Crippen LogP contribution in [0.3, 0.4) is 0 Å². The predicted molar refractivity (Wildman–Crippen MR) is 143 cm³/mol. The Morgan fingerprint density at radius 1 is 0.971 bits per heavy atom. The van der Waals surface area contributed by atoms with E-state index in [0.29, 0.717) is 42.8 Å². The maximum atomic E-state index is 13.2. The second-order valence-corrected chi connectivity index (χ2v) is 9.57. The molecule has 184 valence electrons. The van der Waals surface area contributed by atoms with E-state index in [0.717, 1.165) is 18.7 Å². The van der Waals surface area contributed by atoms with E-state index in [-0.39, 0.29) is 12.1 Å². The number of nitrogens with zero attached hydrogens (tertiary/aromatic N) is 2. The first-order valence-corrected chi connectivity index (χ1v) is 12.7. The van der Waals surface area contributed by atoms with Gasteiger partial charge in [0.05, 0.1) is 36.2 Å². The molecule has 1 fully saturated rings. The van der Waals surface area contributed by atoms with E-state index >= 15 is 0 Å². The fourth-order valence-electron chi connectivity index (χ4n) is 4.35. The summed E-state index contributed by atoms with van der Waals surface area (Å²) in [7, 11) is 0. The Hall–Kier alpha value is -2.57. The van der Waals surface area contributed by atoms with Gasteiger partial charge >= 0.3 is 0 Å². The van der Waals surface area contributed by atoms with Crippen molar-refractivity contribution in [1.29, 1.82) is 0 Å². The minimum atomic E-state index is -0.0915. The number of hydrogen-bond donors (Lipinski definition) is 1. The molecule has 7 heteroatoms. The number of rotatable bonds is 9. The molecule has 1 aliphatic rings. The average Bonchev–Trinajstić information content (AvgIpc) is 2.88. The van der Waals surface area contributed by atoms with Crippen molar-refractivity contribution in [2.24, 2.45) is 0 Å². The number of aryl methyl sites for hydroxylation is 1. The summed E-state index contributed by atoms with van der Waals surface area (Å²) >= 11 is 12.0. The Morgan fingerprint density at radius 3 is 2.51 bits per heavy atom. The maximum absolute atomic E-state index is 13.2. The van der Waals surface area contributed by atoms with Gasteiger partial charge in [0.15, 0.2) is 0 Å². The van der Waals surface area contributed by atoms with Gasteiger partial charge in [0, 0.05) is 25.3 Å². The number of benzene rings is 3. The van der Waals surface area contributed by atoms with Gasteiger partial charge < -0.3 is 14.5 Å². The topological polar surface area (TPSA) is 44.8 Å². The molecule has 5 nitrogen and oxygen atoms in total. The number of amides is 1. The molecule has 0 aliphatic carbocycles. The maximum Gasteiger partial charge on any atom is 0.226 e. The summed E-state index contributed by atoms with van der Waals surface area (Å²) in [5.74, 6) is 0.0918. The molecule has 35 heavy (non-hydrogen) atoms. The highest BCUT2D eigenvalue weighted by Gasteiger charge is 2.30. The first-order valence-electron chi connectivity index (χ1n) is 11.9. The molecule has 1 unspecified atom stereocenters. The fourth-order valence-corrected chi connectivity index (χ4v) is 4.67. The highest BCUT2D eigenvalue weighted by atomic mass is 35.5. The lowest BCUT2D eigenvalue weighted by molar-refractivity contribution is -0.136. The molecule has 0 saturated carbocycles. The van der Waals surface area contributed by atoms with Gasteiger partial charge in [0.1, 0.15) is 6.17 Å². The molecular weight excluding hydrogens is 481 g/mol. The van der Waals surface area contributed by atoms with Crippen molar-refractivity contribution >= 4 is 34.8 Å². The van der Waals surface area contributed by atoms with Crippen LogP contribution in [0.25, 0.3) is 0 Å². The third-order valence-corrected chi connectivity index (χ3v) is 6.99. The van der Waals surface area contributed by atoms with Crippen LogP contribution in [-0.4, -0.2) is 43.2 Å². The molecule has 0 aromatic heterocycles. The van der Waals surface area contributed by atoms with Crippen molar-refractivity contribution in [3.63, 3.8) is 0 Å². The largest absolute Gasteiger partial charge is 0.376 e. The first-order chi connectivity index (χ1) is 17.0. The molecule has 1 aliphatic heterocycles. The fraction of sp³-hybridized carbons (Fsp3) is 0.321. The molecule has 0 bridgehead atoms. The van der Waals surface area contributed by atoms with Crippen LogP contribution in [0.5, 0.6) is 0 Å². The number of carbonyl (C=O) groups is 1. The van der Waals surface area contributed by atoms with Gasteiger partial charge in [-0.05, 0) is 41.8 Å². The smallest absolute Gasteiger partial charge is 0.226 e. The molecule has 4 rings (SSSR count). The van der Waals surface area contributed by atoms with Gasteiger partial charge in [-0.1, -0.05) is 77.8 Å².